The number of benzene rings is 1. The fourth-order valence-corrected chi connectivity index (χ4v) is 2.21. The maximum absolute atomic E-state index is 12.0. The summed E-state index contributed by atoms with van der Waals surface area (Å²) in [5.41, 5.74) is 1.22. The summed E-state index contributed by atoms with van der Waals surface area (Å²) in [6, 6.07) is 9.43. The Bertz CT molecular complexity index is 590. The highest BCUT2D eigenvalue weighted by Gasteiger charge is 2.17. The van der Waals surface area contributed by atoms with E-state index in [0.29, 0.717) is 17.2 Å². The molecule has 0 unspecified atom stereocenters. The number of nitrogens with zero attached hydrogens (tertiary/aromatic N) is 1. The smallest absolute Gasteiger partial charge is 0.341 e. The molecule has 19 heavy (non-hydrogen) atoms. The molecule has 4 nitrogen and oxygen atoms in total. The summed E-state index contributed by atoms with van der Waals surface area (Å²) in [5, 5.41) is 11.2. The quantitative estimate of drug-likeness (QED) is 0.688. The van der Waals surface area contributed by atoms with Crippen molar-refractivity contribution in [2.45, 2.75) is 6.92 Å². The molecule has 2 rings (SSSR count). The number of esters is 1. The van der Waals surface area contributed by atoms with Gasteiger partial charge in [-0.25, -0.2) is 9.78 Å². The van der Waals surface area contributed by atoms with Gasteiger partial charge in [0.15, 0.2) is 0 Å². The molecule has 1 heterocycles. The first kappa shape index (κ1) is 13.3. The van der Waals surface area contributed by atoms with Crippen LogP contribution >= 0.6 is 11.3 Å². The Kier molecular flexibility index (Phi) is 4.30. The normalized spacial score (nSPS) is 11.3. The van der Waals surface area contributed by atoms with Crippen molar-refractivity contribution in [1.82, 2.24) is 4.98 Å². The Hall–Kier alpha value is -2.14. The van der Waals surface area contributed by atoms with E-state index in [9.17, 15) is 9.90 Å². The molecule has 0 bridgehead atoms. The number of hydrogen-bond acceptors (Lipinski definition) is 5. The second-order valence-electron chi connectivity index (χ2n) is 3.70. The maximum atomic E-state index is 12.0. The van der Waals surface area contributed by atoms with Gasteiger partial charge in [0.05, 0.1) is 17.6 Å². The zero-order valence-electron chi connectivity index (χ0n) is 10.4. The fourth-order valence-electron chi connectivity index (χ4n) is 1.52. The van der Waals surface area contributed by atoms with E-state index in [-0.39, 0.29) is 5.88 Å². The Morgan fingerprint density at radius 1 is 1.42 bits per heavy atom. The number of aromatic nitrogens is 1. The molecule has 0 aliphatic rings. The summed E-state index contributed by atoms with van der Waals surface area (Å²) >= 11 is 1.20. The van der Waals surface area contributed by atoms with Crippen molar-refractivity contribution in [3.8, 4) is 5.88 Å². The van der Waals surface area contributed by atoms with Crippen LogP contribution in [0.2, 0.25) is 0 Å². The molecule has 2 aromatic rings. The molecule has 98 valence electrons. The molecular weight excluding hydrogens is 262 g/mol. The predicted molar refractivity (Wildman–Crippen MR) is 74.7 cm³/mol. The SMILES string of the molecule is CCOC(=O)/C(=C/c1ccccc1)c1nc(O)cs1. The molecule has 0 amide bonds. The van der Waals surface area contributed by atoms with Gasteiger partial charge in [0.2, 0.25) is 5.88 Å². The molecule has 1 aromatic heterocycles. The Balaban J connectivity index is 2.40. The minimum Gasteiger partial charge on any atom is -0.493 e. The molecule has 0 fully saturated rings. The summed E-state index contributed by atoms with van der Waals surface area (Å²) in [4.78, 5) is 15.9. The molecule has 0 atom stereocenters. The van der Waals surface area contributed by atoms with E-state index in [1.54, 1.807) is 13.0 Å². The number of hydrogen-bond donors (Lipinski definition) is 1. The third-order valence-electron chi connectivity index (χ3n) is 2.33. The fraction of sp³-hybridized carbons (Fsp3) is 0.143. The first-order chi connectivity index (χ1) is 9.20. The van der Waals surface area contributed by atoms with Crippen molar-refractivity contribution in [3.63, 3.8) is 0 Å². The second-order valence-corrected chi connectivity index (χ2v) is 4.56. The molecule has 0 saturated heterocycles. The summed E-state index contributed by atoms with van der Waals surface area (Å²) < 4.78 is 5.02. The lowest BCUT2D eigenvalue weighted by Gasteiger charge is -2.04. The van der Waals surface area contributed by atoms with Crippen molar-refractivity contribution < 1.29 is 14.6 Å². The number of rotatable bonds is 4. The third kappa shape index (κ3) is 3.42. The summed E-state index contributed by atoms with van der Waals surface area (Å²) in [5.74, 6) is -0.538. The van der Waals surface area contributed by atoms with E-state index >= 15 is 0 Å². The number of carbonyl (C=O) groups is 1. The van der Waals surface area contributed by atoms with Gasteiger partial charge in [-0.1, -0.05) is 30.3 Å². The van der Waals surface area contributed by atoms with E-state index in [1.807, 2.05) is 30.3 Å². The van der Waals surface area contributed by atoms with Gasteiger partial charge in [-0.05, 0) is 18.6 Å². The minimum atomic E-state index is -0.444. The average molecular weight is 275 g/mol. The van der Waals surface area contributed by atoms with Crippen LogP contribution in [0.4, 0.5) is 0 Å². The first-order valence-corrected chi connectivity index (χ1v) is 6.67. The van der Waals surface area contributed by atoms with Crippen LogP contribution in [0.25, 0.3) is 11.6 Å². The maximum Gasteiger partial charge on any atom is 0.341 e. The van der Waals surface area contributed by atoms with Crippen molar-refractivity contribution in [2.75, 3.05) is 6.61 Å². The first-order valence-electron chi connectivity index (χ1n) is 5.79. The zero-order valence-corrected chi connectivity index (χ0v) is 11.2. The molecule has 0 aliphatic carbocycles. The number of aromatic hydroxyl groups is 1. The second kappa shape index (κ2) is 6.15. The minimum absolute atomic E-state index is 0.0942. The van der Waals surface area contributed by atoms with Gasteiger partial charge in [0.25, 0.3) is 0 Å². The van der Waals surface area contributed by atoms with Gasteiger partial charge in [-0.2, -0.15) is 0 Å². The van der Waals surface area contributed by atoms with Crippen LogP contribution in [-0.4, -0.2) is 22.7 Å². The van der Waals surface area contributed by atoms with E-state index < -0.39 is 5.97 Å². The van der Waals surface area contributed by atoms with E-state index in [2.05, 4.69) is 4.98 Å². The lowest BCUT2D eigenvalue weighted by atomic mass is 10.1. The molecule has 5 heteroatoms. The molecule has 1 N–H and O–H groups in total. The van der Waals surface area contributed by atoms with Crippen LogP contribution in [-0.2, 0) is 9.53 Å². The zero-order chi connectivity index (χ0) is 13.7. The van der Waals surface area contributed by atoms with Crippen LogP contribution in [0, 0.1) is 0 Å². The Morgan fingerprint density at radius 3 is 2.74 bits per heavy atom. The van der Waals surface area contributed by atoms with Crippen molar-refractivity contribution in [2.24, 2.45) is 0 Å². The molecule has 1 aromatic carbocycles. The van der Waals surface area contributed by atoms with Crippen molar-refractivity contribution >= 4 is 29.0 Å². The average Bonchev–Trinajstić information content (AvgIpc) is 2.84. The molecule has 0 spiro atoms. The number of thiazole rings is 1. The van der Waals surface area contributed by atoms with Crippen LogP contribution in [0.1, 0.15) is 17.5 Å². The van der Waals surface area contributed by atoms with Crippen LogP contribution < -0.4 is 0 Å². The van der Waals surface area contributed by atoms with Gasteiger partial charge in [-0.15, -0.1) is 11.3 Å². The highest BCUT2D eigenvalue weighted by Crippen LogP contribution is 2.25. The van der Waals surface area contributed by atoms with Gasteiger partial charge >= 0.3 is 5.97 Å². The predicted octanol–water partition coefficient (Wildman–Crippen LogP) is 2.95. The van der Waals surface area contributed by atoms with Crippen LogP contribution in [0.3, 0.4) is 0 Å². The molecular formula is C14H13NO3S. The van der Waals surface area contributed by atoms with Gasteiger partial charge in [-0.3, -0.25) is 0 Å². The van der Waals surface area contributed by atoms with Gasteiger partial charge in [0.1, 0.15) is 5.01 Å². The molecule has 0 radical (unpaired) electrons. The Morgan fingerprint density at radius 2 is 2.16 bits per heavy atom. The van der Waals surface area contributed by atoms with Crippen molar-refractivity contribution in [1.29, 1.82) is 0 Å². The largest absolute Gasteiger partial charge is 0.493 e. The molecule has 0 aliphatic heterocycles. The highest BCUT2D eigenvalue weighted by molar-refractivity contribution is 7.11. The number of ether oxygens (including phenoxy) is 1. The van der Waals surface area contributed by atoms with E-state index in [0.717, 1.165) is 5.56 Å². The highest BCUT2D eigenvalue weighted by atomic mass is 32.1. The Labute approximate surface area is 115 Å². The monoisotopic (exact) mass is 275 g/mol. The van der Waals surface area contributed by atoms with E-state index in [1.165, 1.54) is 16.7 Å². The summed E-state index contributed by atoms with van der Waals surface area (Å²) in [7, 11) is 0. The third-order valence-corrected chi connectivity index (χ3v) is 3.19. The van der Waals surface area contributed by atoms with Crippen LogP contribution in [0.15, 0.2) is 35.7 Å². The molecule has 0 saturated carbocycles. The standard InChI is InChI=1S/C14H13NO3S/c1-2-18-14(17)11(13-15-12(16)9-19-13)8-10-6-4-3-5-7-10/h3-9,16H,2H2,1H3/b11-8+. The summed E-state index contributed by atoms with van der Waals surface area (Å²) in [6.07, 6.45) is 1.70. The van der Waals surface area contributed by atoms with E-state index in [4.69, 9.17) is 4.74 Å². The van der Waals surface area contributed by atoms with Gasteiger partial charge in [0, 0.05) is 0 Å². The lowest BCUT2D eigenvalue weighted by molar-refractivity contribution is -0.136. The van der Waals surface area contributed by atoms with Gasteiger partial charge < -0.3 is 9.84 Å². The van der Waals surface area contributed by atoms with Crippen LogP contribution in [0.5, 0.6) is 5.88 Å². The topological polar surface area (TPSA) is 59.4 Å². The summed E-state index contributed by atoms with van der Waals surface area (Å²) in [6.45, 7) is 2.04. The number of carbonyl (C=O) groups excluding carboxylic acids is 1. The van der Waals surface area contributed by atoms with Crippen molar-refractivity contribution in [3.05, 3.63) is 46.3 Å². The lowest BCUT2D eigenvalue weighted by Crippen LogP contribution is -2.06.